The maximum Gasteiger partial charge on any atom is 0.269 e. The molecule has 0 unspecified atom stereocenters. The highest BCUT2D eigenvalue weighted by molar-refractivity contribution is 5.79. The lowest BCUT2D eigenvalue weighted by atomic mass is 9.96. The third-order valence-corrected chi connectivity index (χ3v) is 5.60. The molecule has 1 aliphatic rings. The molecule has 0 radical (unpaired) electrons. The SMILES string of the molecule is O=C(NCc1ccccc1F)[C@@H]1CCCN(c2cnn(Cc3ccccc3)c(=O)c2)C1. The fourth-order valence-electron chi connectivity index (χ4n) is 3.87. The van der Waals surface area contributed by atoms with Gasteiger partial charge in [0.05, 0.1) is 24.3 Å². The van der Waals surface area contributed by atoms with Crippen LogP contribution in [0.5, 0.6) is 0 Å². The number of carbonyl (C=O) groups excluding carboxylic acids is 1. The van der Waals surface area contributed by atoms with Crippen molar-refractivity contribution in [3.05, 3.63) is 94.2 Å². The number of aromatic nitrogens is 2. The zero-order valence-corrected chi connectivity index (χ0v) is 17.2. The van der Waals surface area contributed by atoms with E-state index < -0.39 is 0 Å². The molecule has 1 aromatic heterocycles. The maximum absolute atomic E-state index is 13.8. The molecule has 0 spiro atoms. The van der Waals surface area contributed by atoms with Gasteiger partial charge in [0, 0.05) is 31.3 Å². The molecule has 31 heavy (non-hydrogen) atoms. The third kappa shape index (κ3) is 5.17. The molecule has 1 fully saturated rings. The molecule has 6 nitrogen and oxygen atoms in total. The van der Waals surface area contributed by atoms with Crippen LogP contribution < -0.4 is 15.8 Å². The number of anilines is 1. The van der Waals surface area contributed by atoms with E-state index in [0.717, 1.165) is 30.6 Å². The van der Waals surface area contributed by atoms with Gasteiger partial charge in [-0.2, -0.15) is 5.10 Å². The van der Waals surface area contributed by atoms with Crippen molar-refractivity contribution in [1.29, 1.82) is 0 Å². The standard InChI is InChI=1S/C24H25FN4O2/c25-22-11-5-4-9-19(22)14-26-24(31)20-10-6-12-28(17-20)21-13-23(30)29(27-15-21)16-18-7-2-1-3-8-18/h1-5,7-9,11,13,15,20H,6,10,12,14,16-17H2,(H,26,31)/t20-/m1/s1. The first kappa shape index (κ1) is 20.8. The lowest BCUT2D eigenvalue weighted by Gasteiger charge is -2.33. The number of nitrogens with one attached hydrogen (secondary N) is 1. The largest absolute Gasteiger partial charge is 0.369 e. The maximum atomic E-state index is 13.8. The van der Waals surface area contributed by atoms with Gasteiger partial charge in [-0.05, 0) is 24.5 Å². The van der Waals surface area contributed by atoms with Crippen LogP contribution in [0.15, 0.2) is 71.7 Å². The molecule has 1 atom stereocenters. The number of amides is 1. The van der Waals surface area contributed by atoms with Gasteiger partial charge in [-0.3, -0.25) is 9.59 Å². The van der Waals surface area contributed by atoms with Crippen LogP contribution in [-0.2, 0) is 17.9 Å². The zero-order chi connectivity index (χ0) is 21.6. The molecule has 1 saturated heterocycles. The third-order valence-electron chi connectivity index (χ3n) is 5.60. The van der Waals surface area contributed by atoms with Crippen molar-refractivity contribution in [2.75, 3.05) is 18.0 Å². The van der Waals surface area contributed by atoms with E-state index in [1.54, 1.807) is 30.5 Å². The minimum Gasteiger partial charge on any atom is -0.369 e. The van der Waals surface area contributed by atoms with Crippen LogP contribution in [0.3, 0.4) is 0 Å². The van der Waals surface area contributed by atoms with Crippen LogP contribution in [-0.4, -0.2) is 28.8 Å². The van der Waals surface area contributed by atoms with E-state index in [0.29, 0.717) is 18.7 Å². The molecule has 0 bridgehead atoms. The summed E-state index contributed by atoms with van der Waals surface area (Å²) in [4.78, 5) is 27.2. The predicted octanol–water partition coefficient (Wildman–Crippen LogP) is 2.96. The Morgan fingerprint density at radius 1 is 1.13 bits per heavy atom. The number of hydrogen-bond donors (Lipinski definition) is 1. The molecule has 3 aromatic rings. The van der Waals surface area contributed by atoms with E-state index in [1.165, 1.54) is 10.7 Å². The average Bonchev–Trinajstić information content (AvgIpc) is 2.80. The van der Waals surface area contributed by atoms with Gasteiger partial charge in [0.1, 0.15) is 5.82 Å². The van der Waals surface area contributed by atoms with E-state index in [-0.39, 0.29) is 29.7 Å². The quantitative estimate of drug-likeness (QED) is 0.666. The van der Waals surface area contributed by atoms with Crippen molar-refractivity contribution in [2.45, 2.75) is 25.9 Å². The van der Waals surface area contributed by atoms with E-state index in [9.17, 15) is 14.0 Å². The Balaban J connectivity index is 1.39. The highest BCUT2D eigenvalue weighted by Crippen LogP contribution is 2.22. The molecule has 1 amide bonds. The van der Waals surface area contributed by atoms with E-state index in [1.807, 2.05) is 35.2 Å². The smallest absolute Gasteiger partial charge is 0.269 e. The molecule has 2 aromatic carbocycles. The Morgan fingerprint density at radius 2 is 1.90 bits per heavy atom. The van der Waals surface area contributed by atoms with E-state index in [4.69, 9.17) is 0 Å². The lowest BCUT2D eigenvalue weighted by molar-refractivity contribution is -0.125. The molecule has 1 aliphatic heterocycles. The molecule has 0 saturated carbocycles. The minimum absolute atomic E-state index is 0.0988. The molecular weight excluding hydrogens is 395 g/mol. The number of benzene rings is 2. The Hall–Kier alpha value is -3.48. The van der Waals surface area contributed by atoms with Gasteiger partial charge in [0.15, 0.2) is 0 Å². The molecular formula is C24H25FN4O2. The summed E-state index contributed by atoms with van der Waals surface area (Å²) in [6, 6.07) is 17.7. The average molecular weight is 420 g/mol. The second kappa shape index (κ2) is 9.55. The summed E-state index contributed by atoms with van der Waals surface area (Å²) in [6.45, 7) is 1.86. The number of carbonyl (C=O) groups is 1. The highest BCUT2D eigenvalue weighted by Gasteiger charge is 2.26. The van der Waals surface area contributed by atoms with Gasteiger partial charge >= 0.3 is 0 Å². The molecule has 1 N–H and O–H groups in total. The van der Waals surface area contributed by atoms with Crippen molar-refractivity contribution >= 4 is 11.6 Å². The fraction of sp³-hybridized carbons (Fsp3) is 0.292. The summed E-state index contributed by atoms with van der Waals surface area (Å²) < 4.78 is 15.2. The van der Waals surface area contributed by atoms with Gasteiger partial charge in [0.25, 0.3) is 5.56 Å². The van der Waals surface area contributed by atoms with Crippen LogP contribution in [0.25, 0.3) is 0 Å². The van der Waals surface area contributed by atoms with E-state index in [2.05, 4.69) is 10.4 Å². The second-order valence-electron chi connectivity index (χ2n) is 7.79. The highest BCUT2D eigenvalue weighted by atomic mass is 19.1. The van der Waals surface area contributed by atoms with Crippen molar-refractivity contribution < 1.29 is 9.18 Å². The van der Waals surface area contributed by atoms with Crippen LogP contribution in [0.4, 0.5) is 10.1 Å². The molecule has 160 valence electrons. The fourth-order valence-corrected chi connectivity index (χ4v) is 3.87. The topological polar surface area (TPSA) is 67.2 Å². The predicted molar refractivity (Wildman–Crippen MR) is 117 cm³/mol. The Kier molecular flexibility index (Phi) is 6.40. The Labute approximate surface area is 180 Å². The normalized spacial score (nSPS) is 16.2. The van der Waals surface area contributed by atoms with Crippen LogP contribution >= 0.6 is 0 Å². The first-order chi connectivity index (χ1) is 15.1. The summed E-state index contributed by atoms with van der Waals surface area (Å²) in [7, 11) is 0. The number of piperidine rings is 1. The summed E-state index contributed by atoms with van der Waals surface area (Å²) >= 11 is 0. The van der Waals surface area contributed by atoms with Crippen molar-refractivity contribution in [2.24, 2.45) is 5.92 Å². The number of rotatable bonds is 6. The molecule has 2 heterocycles. The Bertz CT molecular complexity index is 1100. The van der Waals surface area contributed by atoms with Gasteiger partial charge in [-0.1, -0.05) is 48.5 Å². The van der Waals surface area contributed by atoms with Crippen LogP contribution in [0.2, 0.25) is 0 Å². The lowest BCUT2D eigenvalue weighted by Crippen LogP contribution is -2.43. The number of halogens is 1. The summed E-state index contributed by atoms with van der Waals surface area (Å²) in [5, 5.41) is 7.17. The number of hydrogen-bond acceptors (Lipinski definition) is 4. The van der Waals surface area contributed by atoms with Crippen LogP contribution in [0.1, 0.15) is 24.0 Å². The van der Waals surface area contributed by atoms with Gasteiger partial charge in [0.2, 0.25) is 5.91 Å². The number of nitrogens with zero attached hydrogens (tertiary/aromatic N) is 3. The van der Waals surface area contributed by atoms with Gasteiger partial charge in [-0.25, -0.2) is 9.07 Å². The minimum atomic E-state index is -0.324. The molecule has 0 aliphatic carbocycles. The molecule has 7 heteroatoms. The van der Waals surface area contributed by atoms with Crippen molar-refractivity contribution in [3.8, 4) is 0 Å². The van der Waals surface area contributed by atoms with Gasteiger partial charge < -0.3 is 10.2 Å². The summed E-state index contributed by atoms with van der Waals surface area (Å²) in [5.74, 6) is -0.638. The second-order valence-corrected chi connectivity index (χ2v) is 7.79. The van der Waals surface area contributed by atoms with Gasteiger partial charge in [-0.15, -0.1) is 0 Å². The van der Waals surface area contributed by atoms with E-state index >= 15 is 0 Å². The first-order valence-electron chi connectivity index (χ1n) is 10.5. The molecule has 4 rings (SSSR count). The first-order valence-corrected chi connectivity index (χ1v) is 10.5. The van der Waals surface area contributed by atoms with Crippen molar-refractivity contribution in [1.82, 2.24) is 15.1 Å². The summed E-state index contributed by atoms with van der Waals surface area (Å²) in [5.41, 5.74) is 2.03. The van der Waals surface area contributed by atoms with Crippen LogP contribution in [0, 0.1) is 11.7 Å². The summed E-state index contributed by atoms with van der Waals surface area (Å²) in [6.07, 6.45) is 3.28. The monoisotopic (exact) mass is 420 g/mol. The zero-order valence-electron chi connectivity index (χ0n) is 17.2. The Morgan fingerprint density at radius 3 is 2.68 bits per heavy atom. The van der Waals surface area contributed by atoms with Crippen molar-refractivity contribution in [3.63, 3.8) is 0 Å².